The first kappa shape index (κ1) is 13.5. The van der Waals surface area contributed by atoms with Crippen molar-refractivity contribution in [2.45, 2.75) is 25.9 Å². The minimum absolute atomic E-state index is 0.0191. The predicted molar refractivity (Wildman–Crippen MR) is 72.3 cm³/mol. The second kappa shape index (κ2) is 5.83. The lowest BCUT2D eigenvalue weighted by Gasteiger charge is -2.12. The normalized spacial score (nSPS) is 15.9. The minimum atomic E-state index is -0.453. The Balaban J connectivity index is 2.06. The van der Waals surface area contributed by atoms with Crippen molar-refractivity contribution >= 4 is 17.3 Å². The van der Waals surface area contributed by atoms with Gasteiger partial charge in [-0.25, -0.2) is 4.98 Å². The summed E-state index contributed by atoms with van der Waals surface area (Å²) in [5, 5.41) is 26.5. The van der Waals surface area contributed by atoms with Crippen LogP contribution in [0.2, 0.25) is 0 Å². The molecular weight excluding hydrogens is 248 g/mol. The minimum Gasteiger partial charge on any atom is -0.391 e. The average molecular weight is 266 g/mol. The number of nitrogens with one attached hydrogen (secondary N) is 2. The highest BCUT2D eigenvalue weighted by atomic mass is 16.6. The van der Waals surface area contributed by atoms with Gasteiger partial charge in [-0.15, -0.1) is 0 Å². The summed E-state index contributed by atoms with van der Waals surface area (Å²) >= 11 is 0. The molecule has 19 heavy (non-hydrogen) atoms. The number of nitrogens with zero attached hydrogens (tertiary/aromatic N) is 2. The Morgan fingerprint density at radius 1 is 1.47 bits per heavy atom. The first-order valence-electron chi connectivity index (χ1n) is 6.42. The molecule has 7 heteroatoms. The van der Waals surface area contributed by atoms with E-state index in [-0.39, 0.29) is 5.69 Å². The molecule has 7 nitrogen and oxygen atoms in total. The van der Waals surface area contributed by atoms with Crippen molar-refractivity contribution in [2.24, 2.45) is 5.92 Å². The summed E-state index contributed by atoms with van der Waals surface area (Å²) in [6.07, 6.45) is 1.69. The fraction of sp³-hybridized carbons (Fsp3) is 0.583. The zero-order valence-corrected chi connectivity index (χ0v) is 10.8. The molecule has 1 aromatic heterocycles. The highest BCUT2D eigenvalue weighted by molar-refractivity contribution is 5.54. The van der Waals surface area contributed by atoms with Crippen LogP contribution in [0.3, 0.4) is 0 Å². The molecule has 1 fully saturated rings. The summed E-state index contributed by atoms with van der Waals surface area (Å²) in [5.41, 5.74) is -0.0191. The lowest BCUT2D eigenvalue weighted by Crippen LogP contribution is -2.22. The molecule has 104 valence electrons. The summed E-state index contributed by atoms with van der Waals surface area (Å²) in [5.74, 6) is 1.23. The number of nitro groups is 1. The molecule has 1 atom stereocenters. The fourth-order valence-electron chi connectivity index (χ4n) is 1.84. The smallest absolute Gasteiger partial charge is 0.276 e. The first-order valence-corrected chi connectivity index (χ1v) is 6.42. The van der Waals surface area contributed by atoms with Crippen LogP contribution in [-0.2, 0) is 0 Å². The van der Waals surface area contributed by atoms with Crippen molar-refractivity contribution in [3.8, 4) is 0 Å². The molecule has 1 aromatic rings. The Bertz CT molecular complexity index is 462. The van der Waals surface area contributed by atoms with E-state index < -0.39 is 11.0 Å². The number of aliphatic hydroxyl groups is 1. The van der Waals surface area contributed by atoms with Crippen molar-refractivity contribution in [1.29, 1.82) is 0 Å². The lowest BCUT2D eigenvalue weighted by molar-refractivity contribution is -0.384. The second-order valence-corrected chi connectivity index (χ2v) is 4.67. The number of pyridine rings is 1. The van der Waals surface area contributed by atoms with E-state index in [9.17, 15) is 15.2 Å². The monoisotopic (exact) mass is 266 g/mol. The van der Waals surface area contributed by atoms with Crippen LogP contribution in [0.4, 0.5) is 17.3 Å². The van der Waals surface area contributed by atoms with Crippen molar-refractivity contribution in [1.82, 2.24) is 4.98 Å². The number of aromatic nitrogens is 1. The summed E-state index contributed by atoms with van der Waals surface area (Å²) in [7, 11) is 0. The Labute approximate surface area is 111 Å². The maximum Gasteiger partial charge on any atom is 0.276 e. The molecule has 1 saturated carbocycles. The van der Waals surface area contributed by atoms with Gasteiger partial charge in [0.1, 0.15) is 11.6 Å². The molecule has 1 heterocycles. The Morgan fingerprint density at radius 3 is 2.63 bits per heavy atom. The summed E-state index contributed by atoms with van der Waals surface area (Å²) in [4.78, 5) is 14.6. The van der Waals surface area contributed by atoms with Crippen molar-refractivity contribution in [3.05, 3.63) is 22.2 Å². The van der Waals surface area contributed by atoms with E-state index in [0.29, 0.717) is 30.6 Å². The first-order chi connectivity index (χ1) is 9.10. The summed E-state index contributed by atoms with van der Waals surface area (Å²) in [6, 6.07) is 2.77. The van der Waals surface area contributed by atoms with Gasteiger partial charge in [-0.1, -0.05) is 0 Å². The molecular formula is C12H18N4O3. The van der Waals surface area contributed by atoms with E-state index in [1.807, 2.05) is 6.92 Å². The van der Waals surface area contributed by atoms with Crippen molar-refractivity contribution < 1.29 is 10.0 Å². The van der Waals surface area contributed by atoms with Crippen LogP contribution in [0.1, 0.15) is 19.8 Å². The molecule has 3 N–H and O–H groups in total. The van der Waals surface area contributed by atoms with Crippen LogP contribution in [0.25, 0.3) is 0 Å². The van der Waals surface area contributed by atoms with Crippen LogP contribution in [0, 0.1) is 16.0 Å². The molecule has 0 spiro atoms. The average Bonchev–Trinajstić information content (AvgIpc) is 3.20. The van der Waals surface area contributed by atoms with Gasteiger partial charge in [0.2, 0.25) is 0 Å². The topological polar surface area (TPSA) is 100 Å². The van der Waals surface area contributed by atoms with Gasteiger partial charge in [0.15, 0.2) is 0 Å². The van der Waals surface area contributed by atoms with E-state index in [1.165, 1.54) is 12.1 Å². The van der Waals surface area contributed by atoms with Gasteiger partial charge in [-0.2, -0.15) is 0 Å². The van der Waals surface area contributed by atoms with Crippen LogP contribution >= 0.6 is 0 Å². The largest absolute Gasteiger partial charge is 0.391 e. The maximum atomic E-state index is 10.8. The third kappa shape index (κ3) is 3.78. The van der Waals surface area contributed by atoms with Crippen LogP contribution in [0.15, 0.2) is 12.1 Å². The molecule has 0 aromatic carbocycles. The van der Waals surface area contributed by atoms with Gasteiger partial charge in [0.25, 0.3) is 5.69 Å². The molecule has 0 aliphatic heterocycles. The third-order valence-electron chi connectivity index (χ3n) is 3.04. The quantitative estimate of drug-likeness (QED) is 0.512. The molecule has 2 rings (SSSR count). The molecule has 0 amide bonds. The van der Waals surface area contributed by atoms with Gasteiger partial charge in [0, 0.05) is 13.1 Å². The second-order valence-electron chi connectivity index (χ2n) is 4.67. The summed E-state index contributed by atoms with van der Waals surface area (Å²) < 4.78 is 0. The van der Waals surface area contributed by atoms with E-state index in [1.54, 1.807) is 0 Å². The Kier molecular flexibility index (Phi) is 4.16. The van der Waals surface area contributed by atoms with Crippen LogP contribution in [-0.4, -0.2) is 34.2 Å². The van der Waals surface area contributed by atoms with Crippen molar-refractivity contribution in [2.75, 3.05) is 23.7 Å². The number of aliphatic hydroxyl groups excluding tert-OH is 1. The van der Waals surface area contributed by atoms with Crippen LogP contribution < -0.4 is 10.6 Å². The van der Waals surface area contributed by atoms with E-state index in [4.69, 9.17) is 0 Å². The van der Waals surface area contributed by atoms with Gasteiger partial charge >= 0.3 is 0 Å². The molecule has 0 bridgehead atoms. The van der Waals surface area contributed by atoms with Gasteiger partial charge in [-0.3, -0.25) is 10.1 Å². The van der Waals surface area contributed by atoms with E-state index in [0.717, 1.165) is 12.8 Å². The number of hydrogen-bond donors (Lipinski definition) is 3. The zero-order valence-electron chi connectivity index (χ0n) is 10.8. The molecule has 1 aliphatic carbocycles. The molecule has 0 saturated heterocycles. The molecule has 1 unspecified atom stereocenters. The SMILES string of the molecule is CCNc1cc([N+](=O)[O-])cc(NCC(O)C2CC2)n1. The maximum absolute atomic E-state index is 10.8. The molecule has 1 aliphatic rings. The standard InChI is InChI=1S/C12H18N4O3/c1-2-13-11-5-9(16(18)19)6-12(15-11)14-7-10(17)8-3-4-8/h5-6,8,10,17H,2-4,7H2,1H3,(H2,13,14,15). The van der Waals surface area contributed by atoms with E-state index in [2.05, 4.69) is 15.6 Å². The van der Waals surface area contributed by atoms with Crippen molar-refractivity contribution in [3.63, 3.8) is 0 Å². The van der Waals surface area contributed by atoms with Gasteiger partial charge in [-0.05, 0) is 25.7 Å². The Morgan fingerprint density at radius 2 is 2.11 bits per heavy atom. The number of hydrogen-bond acceptors (Lipinski definition) is 6. The summed E-state index contributed by atoms with van der Waals surface area (Å²) in [6.45, 7) is 2.90. The Hall–Kier alpha value is -1.89. The number of anilines is 2. The predicted octanol–water partition coefficient (Wildman–Crippen LogP) is 1.60. The fourth-order valence-corrected chi connectivity index (χ4v) is 1.84. The zero-order chi connectivity index (χ0) is 13.8. The number of rotatable bonds is 7. The lowest BCUT2D eigenvalue weighted by atomic mass is 10.2. The molecule has 0 radical (unpaired) electrons. The van der Waals surface area contributed by atoms with Gasteiger partial charge in [0.05, 0.1) is 23.2 Å². The highest BCUT2D eigenvalue weighted by Crippen LogP contribution is 2.32. The third-order valence-corrected chi connectivity index (χ3v) is 3.04. The van der Waals surface area contributed by atoms with Gasteiger partial charge < -0.3 is 15.7 Å². The van der Waals surface area contributed by atoms with Crippen LogP contribution in [0.5, 0.6) is 0 Å². The van der Waals surface area contributed by atoms with E-state index >= 15 is 0 Å². The highest BCUT2D eigenvalue weighted by Gasteiger charge is 2.29.